The molecule has 1 aromatic carbocycles. The van der Waals surface area contributed by atoms with Gasteiger partial charge in [0.15, 0.2) is 0 Å². The normalized spacial score (nSPS) is 21.8. The third-order valence-electron chi connectivity index (χ3n) is 3.39. The van der Waals surface area contributed by atoms with E-state index in [0.29, 0.717) is 12.8 Å². The molecule has 2 amide bonds. The molecule has 0 heterocycles. The van der Waals surface area contributed by atoms with Crippen molar-refractivity contribution in [2.24, 2.45) is 0 Å². The van der Waals surface area contributed by atoms with Crippen molar-refractivity contribution >= 4 is 18.0 Å². The minimum absolute atomic E-state index is 0.332. The van der Waals surface area contributed by atoms with E-state index in [1.807, 2.05) is 18.2 Å². The van der Waals surface area contributed by atoms with E-state index in [2.05, 4.69) is 10.6 Å². The van der Waals surface area contributed by atoms with Crippen molar-refractivity contribution < 1.29 is 9.59 Å². The average molecular weight is 247 g/mol. The Hall–Kier alpha value is -2.04. The molecule has 0 aliphatic heterocycles. The van der Waals surface area contributed by atoms with E-state index in [-0.39, 0.29) is 6.03 Å². The average Bonchev–Trinajstić information content (AvgIpc) is 2.39. The number of nitrogen functional groups attached to an aromatic ring is 1. The van der Waals surface area contributed by atoms with Crippen molar-refractivity contribution in [3.63, 3.8) is 0 Å². The molecule has 0 fully saturated rings. The Labute approximate surface area is 106 Å². The minimum atomic E-state index is -0.802. The molecule has 0 radical (unpaired) electrons. The zero-order chi connectivity index (χ0) is 13.2. The van der Waals surface area contributed by atoms with Gasteiger partial charge in [0.25, 0.3) is 0 Å². The first-order valence-electron chi connectivity index (χ1n) is 5.92. The third-order valence-corrected chi connectivity index (χ3v) is 3.39. The molecule has 0 saturated carbocycles. The predicted octanol–water partition coefficient (Wildman–Crippen LogP) is 0.624. The van der Waals surface area contributed by atoms with Gasteiger partial charge in [-0.2, -0.15) is 0 Å². The summed E-state index contributed by atoms with van der Waals surface area (Å²) in [6, 6.07) is 5.35. The highest BCUT2D eigenvalue weighted by molar-refractivity contribution is 5.80. The SMILES string of the molecule is CNC(=O)NC1(C=O)CCc2cc(N)ccc2C1. The third kappa shape index (κ3) is 2.30. The maximum absolute atomic E-state index is 11.4. The fourth-order valence-corrected chi connectivity index (χ4v) is 2.36. The Balaban J connectivity index is 2.25. The van der Waals surface area contributed by atoms with Gasteiger partial charge in [-0.05, 0) is 36.1 Å². The number of amides is 2. The van der Waals surface area contributed by atoms with Crippen molar-refractivity contribution in [3.05, 3.63) is 29.3 Å². The van der Waals surface area contributed by atoms with Crippen LogP contribution in [0.4, 0.5) is 10.5 Å². The molecule has 1 aromatic rings. The van der Waals surface area contributed by atoms with Crippen LogP contribution < -0.4 is 16.4 Å². The number of carbonyl (C=O) groups is 2. The molecule has 1 atom stereocenters. The fraction of sp³-hybridized carbons (Fsp3) is 0.385. The monoisotopic (exact) mass is 247 g/mol. The maximum atomic E-state index is 11.4. The Morgan fingerprint density at radius 1 is 1.44 bits per heavy atom. The first-order valence-corrected chi connectivity index (χ1v) is 5.92. The van der Waals surface area contributed by atoms with Gasteiger partial charge in [-0.1, -0.05) is 6.07 Å². The van der Waals surface area contributed by atoms with Gasteiger partial charge in [0, 0.05) is 19.2 Å². The summed E-state index contributed by atoms with van der Waals surface area (Å²) in [6.07, 6.45) is 2.69. The first kappa shape index (κ1) is 12.4. The van der Waals surface area contributed by atoms with Crippen molar-refractivity contribution in [1.82, 2.24) is 10.6 Å². The van der Waals surface area contributed by atoms with E-state index >= 15 is 0 Å². The van der Waals surface area contributed by atoms with E-state index in [0.717, 1.165) is 29.5 Å². The molecule has 5 heteroatoms. The zero-order valence-electron chi connectivity index (χ0n) is 10.3. The van der Waals surface area contributed by atoms with E-state index < -0.39 is 5.54 Å². The molecule has 4 N–H and O–H groups in total. The molecule has 96 valence electrons. The molecule has 0 spiro atoms. The molecule has 2 rings (SSSR count). The number of hydrogen-bond donors (Lipinski definition) is 3. The van der Waals surface area contributed by atoms with Crippen LogP contribution >= 0.6 is 0 Å². The lowest BCUT2D eigenvalue weighted by atomic mass is 9.78. The van der Waals surface area contributed by atoms with Crippen LogP contribution in [-0.2, 0) is 17.6 Å². The van der Waals surface area contributed by atoms with Crippen LogP contribution in [0.25, 0.3) is 0 Å². The first-order chi connectivity index (χ1) is 8.58. The van der Waals surface area contributed by atoms with E-state index in [4.69, 9.17) is 5.73 Å². The molecule has 1 unspecified atom stereocenters. The Bertz CT molecular complexity index is 487. The molecule has 0 bridgehead atoms. The summed E-state index contributed by atoms with van der Waals surface area (Å²) < 4.78 is 0. The number of aryl methyl sites for hydroxylation is 1. The zero-order valence-corrected chi connectivity index (χ0v) is 10.3. The van der Waals surface area contributed by atoms with E-state index in [1.54, 1.807) is 0 Å². The molecule has 0 saturated heterocycles. The summed E-state index contributed by atoms with van der Waals surface area (Å²) in [5.41, 5.74) is 7.89. The van der Waals surface area contributed by atoms with Gasteiger partial charge in [-0.15, -0.1) is 0 Å². The van der Waals surface area contributed by atoms with E-state index in [9.17, 15) is 9.59 Å². The number of nitrogens with one attached hydrogen (secondary N) is 2. The minimum Gasteiger partial charge on any atom is -0.399 e. The predicted molar refractivity (Wildman–Crippen MR) is 69.3 cm³/mol. The van der Waals surface area contributed by atoms with Gasteiger partial charge in [0.05, 0.1) is 0 Å². The van der Waals surface area contributed by atoms with Crippen LogP contribution in [0.5, 0.6) is 0 Å². The second-order valence-electron chi connectivity index (χ2n) is 4.68. The lowest BCUT2D eigenvalue weighted by Gasteiger charge is -2.34. The standard InChI is InChI=1S/C13H17N3O2/c1-15-12(18)16-13(8-17)5-4-9-6-11(14)3-2-10(9)7-13/h2-3,6,8H,4-5,7,14H2,1H3,(H2,15,16,18). The summed E-state index contributed by atoms with van der Waals surface area (Å²) in [6.45, 7) is 0. The lowest BCUT2D eigenvalue weighted by molar-refractivity contribution is -0.113. The Morgan fingerprint density at radius 2 is 2.22 bits per heavy atom. The molecule has 1 aliphatic rings. The number of benzene rings is 1. The number of anilines is 1. The highest BCUT2D eigenvalue weighted by Crippen LogP contribution is 2.28. The van der Waals surface area contributed by atoms with Crippen LogP contribution in [0.2, 0.25) is 0 Å². The van der Waals surface area contributed by atoms with Crippen LogP contribution in [-0.4, -0.2) is 24.9 Å². The number of urea groups is 1. The summed E-state index contributed by atoms with van der Waals surface area (Å²) in [5.74, 6) is 0. The largest absolute Gasteiger partial charge is 0.399 e. The van der Waals surface area contributed by atoms with Crippen molar-refractivity contribution in [2.75, 3.05) is 12.8 Å². The number of hydrogen-bond acceptors (Lipinski definition) is 3. The Kier molecular flexibility index (Phi) is 3.23. The molecular weight excluding hydrogens is 230 g/mol. The highest BCUT2D eigenvalue weighted by Gasteiger charge is 2.35. The number of rotatable bonds is 2. The summed E-state index contributed by atoms with van der Waals surface area (Å²) in [4.78, 5) is 22.8. The van der Waals surface area contributed by atoms with Crippen molar-refractivity contribution in [1.29, 1.82) is 0 Å². The topological polar surface area (TPSA) is 84.2 Å². The van der Waals surface area contributed by atoms with Gasteiger partial charge >= 0.3 is 6.03 Å². The van der Waals surface area contributed by atoms with Crippen LogP contribution in [0.3, 0.4) is 0 Å². The number of fused-ring (bicyclic) bond motifs is 1. The molecule has 1 aliphatic carbocycles. The summed E-state index contributed by atoms with van der Waals surface area (Å²) in [5, 5.41) is 5.21. The van der Waals surface area contributed by atoms with Crippen LogP contribution in [0.1, 0.15) is 17.5 Å². The maximum Gasteiger partial charge on any atom is 0.315 e. The lowest BCUT2D eigenvalue weighted by Crippen LogP contribution is -2.55. The second-order valence-corrected chi connectivity index (χ2v) is 4.68. The second kappa shape index (κ2) is 4.68. The molecule has 0 aromatic heterocycles. The van der Waals surface area contributed by atoms with Crippen molar-refractivity contribution in [3.8, 4) is 0 Å². The van der Waals surface area contributed by atoms with Gasteiger partial charge in [0.2, 0.25) is 0 Å². The number of nitrogens with two attached hydrogens (primary N) is 1. The highest BCUT2D eigenvalue weighted by atomic mass is 16.2. The van der Waals surface area contributed by atoms with Crippen LogP contribution in [0, 0.1) is 0 Å². The van der Waals surface area contributed by atoms with Gasteiger partial charge in [-0.3, -0.25) is 0 Å². The van der Waals surface area contributed by atoms with Crippen molar-refractivity contribution in [2.45, 2.75) is 24.8 Å². The quantitative estimate of drug-likeness (QED) is 0.529. The molecular formula is C13H17N3O2. The fourth-order valence-electron chi connectivity index (χ4n) is 2.36. The Morgan fingerprint density at radius 3 is 2.89 bits per heavy atom. The number of carbonyl (C=O) groups excluding carboxylic acids is 2. The smallest absolute Gasteiger partial charge is 0.315 e. The van der Waals surface area contributed by atoms with E-state index in [1.165, 1.54) is 7.05 Å². The van der Waals surface area contributed by atoms with Crippen LogP contribution in [0.15, 0.2) is 18.2 Å². The molecule has 18 heavy (non-hydrogen) atoms. The summed E-state index contributed by atoms with van der Waals surface area (Å²) in [7, 11) is 1.53. The van der Waals surface area contributed by atoms with Gasteiger partial charge < -0.3 is 21.2 Å². The van der Waals surface area contributed by atoms with Gasteiger partial charge in [-0.25, -0.2) is 4.79 Å². The summed E-state index contributed by atoms with van der Waals surface area (Å²) >= 11 is 0. The van der Waals surface area contributed by atoms with Gasteiger partial charge in [0.1, 0.15) is 11.8 Å². The molecule has 5 nitrogen and oxygen atoms in total. The number of aldehydes is 1.